The summed E-state index contributed by atoms with van der Waals surface area (Å²) < 4.78 is 5.79. The molecule has 0 radical (unpaired) electrons. The first-order valence-corrected chi connectivity index (χ1v) is 10.5. The van der Waals surface area contributed by atoms with E-state index in [0.29, 0.717) is 41.1 Å². The summed E-state index contributed by atoms with van der Waals surface area (Å²) in [7, 11) is 2.10. The van der Waals surface area contributed by atoms with Gasteiger partial charge in [0.25, 0.3) is 0 Å². The van der Waals surface area contributed by atoms with E-state index < -0.39 is 5.97 Å². The molecule has 2 heterocycles. The summed E-state index contributed by atoms with van der Waals surface area (Å²) in [4.78, 5) is 28.9. The number of benzene rings is 2. The van der Waals surface area contributed by atoms with Gasteiger partial charge in [0, 0.05) is 56.0 Å². The predicted molar refractivity (Wildman–Crippen MR) is 118 cm³/mol. The second-order valence-electron chi connectivity index (χ2n) is 8.14. The van der Waals surface area contributed by atoms with Crippen LogP contribution >= 0.6 is 0 Å². The van der Waals surface area contributed by atoms with Gasteiger partial charge in [-0.25, -0.2) is 0 Å². The van der Waals surface area contributed by atoms with E-state index in [9.17, 15) is 9.59 Å². The molecular weight excluding hydrogens is 396 g/mol. The number of carboxylic acid groups (broad SMARTS) is 1. The average molecular weight is 420 g/mol. The number of hydrogen-bond acceptors (Lipinski definition) is 7. The molecule has 0 amide bonds. The van der Waals surface area contributed by atoms with Crippen molar-refractivity contribution in [2.45, 2.75) is 12.8 Å². The van der Waals surface area contributed by atoms with Crippen LogP contribution in [0.25, 0.3) is 22.2 Å². The van der Waals surface area contributed by atoms with Gasteiger partial charge in [-0.15, -0.1) is 0 Å². The smallest absolute Gasteiger partial charge is 0.303 e. The van der Waals surface area contributed by atoms with Gasteiger partial charge >= 0.3 is 5.97 Å². The molecule has 2 aliphatic rings. The van der Waals surface area contributed by atoms with Gasteiger partial charge in [0.05, 0.1) is 16.6 Å². The molecule has 5 rings (SSSR count). The highest BCUT2D eigenvalue weighted by Crippen LogP contribution is 2.45. The van der Waals surface area contributed by atoms with Crippen molar-refractivity contribution in [1.82, 2.24) is 10.1 Å². The Hall–Kier alpha value is -3.39. The zero-order valence-corrected chi connectivity index (χ0v) is 17.4. The number of carboxylic acids is 1. The first-order chi connectivity index (χ1) is 15.0. The highest BCUT2D eigenvalue weighted by atomic mass is 16.5. The highest BCUT2D eigenvalue weighted by Gasteiger charge is 2.33. The molecule has 160 valence electrons. The lowest BCUT2D eigenvalue weighted by Gasteiger charge is -2.34. The minimum absolute atomic E-state index is 0.0676. The Kier molecular flexibility index (Phi) is 4.86. The van der Waals surface area contributed by atoms with Gasteiger partial charge in [0.1, 0.15) is 5.52 Å². The maximum absolute atomic E-state index is 13.5. The van der Waals surface area contributed by atoms with Crippen molar-refractivity contribution >= 4 is 34.0 Å². The summed E-state index contributed by atoms with van der Waals surface area (Å²) in [5.74, 6) is -0.283. The molecule has 3 aromatic rings. The Bertz CT molecular complexity index is 1180. The number of aromatic nitrogens is 1. The summed E-state index contributed by atoms with van der Waals surface area (Å²) >= 11 is 0. The maximum Gasteiger partial charge on any atom is 0.303 e. The van der Waals surface area contributed by atoms with Crippen LogP contribution in [0.1, 0.15) is 28.8 Å². The topological polar surface area (TPSA) is 98.9 Å². The fraction of sp³-hybridized carbons (Fsp3) is 0.348. The van der Waals surface area contributed by atoms with E-state index in [1.54, 1.807) is 6.07 Å². The maximum atomic E-state index is 13.5. The molecule has 0 spiro atoms. The third-order valence-corrected chi connectivity index (χ3v) is 6.11. The molecule has 0 atom stereocenters. The lowest BCUT2D eigenvalue weighted by Crippen LogP contribution is -2.44. The number of ketones is 1. The molecule has 8 heteroatoms. The van der Waals surface area contributed by atoms with E-state index in [2.05, 4.69) is 27.3 Å². The van der Waals surface area contributed by atoms with E-state index in [1.165, 1.54) is 0 Å². The van der Waals surface area contributed by atoms with Crippen LogP contribution in [0.3, 0.4) is 0 Å². The number of hydrogen-bond donors (Lipinski definition) is 2. The van der Waals surface area contributed by atoms with Crippen LogP contribution in [0, 0.1) is 0 Å². The summed E-state index contributed by atoms with van der Waals surface area (Å²) in [6.45, 7) is 4.06. The number of carbonyl (C=O) groups excluding carboxylic acids is 1. The molecule has 1 aromatic heterocycles. The van der Waals surface area contributed by atoms with Gasteiger partial charge in [0.2, 0.25) is 0 Å². The molecule has 8 nitrogen and oxygen atoms in total. The third kappa shape index (κ3) is 3.33. The Balaban J connectivity index is 1.64. The number of nitrogens with one attached hydrogen (secondary N) is 1. The summed E-state index contributed by atoms with van der Waals surface area (Å²) in [5, 5.41) is 17.4. The van der Waals surface area contributed by atoms with E-state index in [1.807, 2.05) is 24.3 Å². The normalized spacial score (nSPS) is 15.9. The van der Waals surface area contributed by atoms with Gasteiger partial charge in [-0.05, 0) is 19.5 Å². The molecule has 2 aromatic carbocycles. The van der Waals surface area contributed by atoms with Crippen molar-refractivity contribution in [1.29, 1.82) is 0 Å². The summed E-state index contributed by atoms with van der Waals surface area (Å²) in [5.41, 5.74) is 4.25. The largest absolute Gasteiger partial charge is 0.481 e. The molecule has 2 N–H and O–H groups in total. The van der Waals surface area contributed by atoms with Crippen molar-refractivity contribution in [3.63, 3.8) is 0 Å². The van der Waals surface area contributed by atoms with Crippen molar-refractivity contribution in [3.8, 4) is 11.3 Å². The summed E-state index contributed by atoms with van der Waals surface area (Å²) in [6, 6.07) is 9.40. The molecule has 31 heavy (non-hydrogen) atoms. The fourth-order valence-corrected chi connectivity index (χ4v) is 4.43. The predicted octanol–water partition coefficient (Wildman–Crippen LogP) is 3.07. The van der Waals surface area contributed by atoms with Crippen LogP contribution in [0.15, 0.2) is 34.9 Å². The van der Waals surface area contributed by atoms with Gasteiger partial charge in [0.15, 0.2) is 11.5 Å². The fourth-order valence-electron chi connectivity index (χ4n) is 4.43. The average Bonchev–Trinajstić information content (AvgIpc) is 3.21. The van der Waals surface area contributed by atoms with Crippen LogP contribution in [0.2, 0.25) is 0 Å². The van der Waals surface area contributed by atoms with Crippen molar-refractivity contribution in [3.05, 3.63) is 41.5 Å². The number of piperazine rings is 1. The van der Waals surface area contributed by atoms with E-state index in [0.717, 1.165) is 42.8 Å². The quantitative estimate of drug-likeness (QED) is 0.459. The van der Waals surface area contributed by atoms with E-state index >= 15 is 0 Å². The van der Waals surface area contributed by atoms with Crippen LogP contribution in [-0.2, 0) is 4.79 Å². The summed E-state index contributed by atoms with van der Waals surface area (Å²) in [6.07, 6.45) is 0.545. The van der Waals surface area contributed by atoms with Crippen LogP contribution in [-0.4, -0.2) is 66.7 Å². The van der Waals surface area contributed by atoms with Crippen LogP contribution in [0.4, 0.5) is 11.4 Å². The molecular formula is C23H24N4O4. The second-order valence-corrected chi connectivity index (χ2v) is 8.14. The van der Waals surface area contributed by atoms with E-state index in [4.69, 9.17) is 9.63 Å². The van der Waals surface area contributed by atoms with Gasteiger partial charge in [-0.3, -0.25) is 9.59 Å². The lowest BCUT2D eigenvalue weighted by atomic mass is 9.86. The molecule has 1 fully saturated rings. The van der Waals surface area contributed by atoms with Crippen molar-refractivity contribution in [2.24, 2.45) is 0 Å². The van der Waals surface area contributed by atoms with Crippen molar-refractivity contribution < 1.29 is 19.2 Å². The lowest BCUT2D eigenvalue weighted by molar-refractivity contribution is -0.137. The minimum atomic E-state index is -0.831. The number of aliphatic carboxylic acids is 1. The van der Waals surface area contributed by atoms with Gasteiger partial charge in [-0.2, -0.15) is 0 Å². The Morgan fingerprint density at radius 2 is 1.94 bits per heavy atom. The number of carbonyl (C=O) groups is 2. The SMILES string of the molecule is CN1CCN(c2cc(NCCCC(=O)O)c3c4c(onc24)-c2ccccc2C3=O)CC1. The first-order valence-electron chi connectivity index (χ1n) is 10.5. The van der Waals surface area contributed by atoms with Crippen LogP contribution in [0.5, 0.6) is 0 Å². The molecule has 1 aliphatic heterocycles. The number of anilines is 2. The third-order valence-electron chi connectivity index (χ3n) is 6.11. The first kappa shape index (κ1) is 19.6. The number of rotatable bonds is 6. The zero-order valence-electron chi connectivity index (χ0n) is 17.4. The Morgan fingerprint density at radius 1 is 1.19 bits per heavy atom. The Morgan fingerprint density at radius 3 is 2.68 bits per heavy atom. The number of likely N-dealkylation sites (N-methyl/N-ethyl adjacent to an activating group) is 1. The molecule has 0 unspecified atom stereocenters. The Labute approximate surface area is 179 Å². The number of fused-ring (bicyclic) bond motifs is 2. The minimum Gasteiger partial charge on any atom is -0.481 e. The molecule has 0 saturated carbocycles. The number of nitrogens with zero attached hydrogens (tertiary/aromatic N) is 3. The monoisotopic (exact) mass is 420 g/mol. The van der Waals surface area contributed by atoms with Gasteiger partial charge < -0.3 is 24.7 Å². The van der Waals surface area contributed by atoms with Crippen LogP contribution < -0.4 is 10.2 Å². The highest BCUT2D eigenvalue weighted by molar-refractivity contribution is 6.28. The molecule has 0 bridgehead atoms. The second kappa shape index (κ2) is 7.70. The van der Waals surface area contributed by atoms with E-state index in [-0.39, 0.29) is 12.2 Å². The zero-order chi connectivity index (χ0) is 21.5. The molecule has 1 aliphatic carbocycles. The molecule has 1 saturated heterocycles. The van der Waals surface area contributed by atoms with Gasteiger partial charge in [-0.1, -0.05) is 29.4 Å². The standard InChI is InChI=1S/C23H24N4O4/c1-26-9-11-27(12-10-26)17-13-16(24-8-4-7-18(28)29)19-20-21(17)25-31-23(20)15-6-3-2-5-14(15)22(19)30/h2-3,5-6,13,24H,4,7-12H2,1H3,(H,28,29). The van der Waals surface area contributed by atoms with Crippen molar-refractivity contribution in [2.75, 3.05) is 50.0 Å².